The molecular weight excluding hydrogens is 243 g/mol. The Hall–Kier alpha value is -0.970. The van der Waals surface area contributed by atoms with Crippen LogP contribution in [0.3, 0.4) is 0 Å². The molecule has 4 heteroatoms. The van der Waals surface area contributed by atoms with Crippen LogP contribution in [0.4, 0.5) is 4.39 Å². The Morgan fingerprint density at radius 2 is 1.84 bits per heavy atom. The van der Waals surface area contributed by atoms with E-state index in [4.69, 9.17) is 10.5 Å². The Labute approximate surface area is 114 Å². The molecule has 1 heterocycles. The second kappa shape index (κ2) is 5.99. The molecule has 2 rings (SSSR count). The summed E-state index contributed by atoms with van der Waals surface area (Å²) in [5.74, 6) is -0.204. The third kappa shape index (κ3) is 3.53. The Balaban J connectivity index is 2.00. The quantitative estimate of drug-likeness (QED) is 0.903. The van der Waals surface area contributed by atoms with E-state index in [0.29, 0.717) is 0 Å². The standard InChI is InChI=1S/C15H23FN2O/c1-15(2,18-7-9-19-10-8-18)14(17)11-12-3-5-13(16)6-4-12/h3-6,14H,7-11,17H2,1-2H3. The number of hydrogen-bond donors (Lipinski definition) is 1. The monoisotopic (exact) mass is 266 g/mol. The van der Waals surface area contributed by atoms with E-state index in [9.17, 15) is 4.39 Å². The molecule has 0 aliphatic carbocycles. The van der Waals surface area contributed by atoms with Gasteiger partial charge < -0.3 is 10.5 Å². The van der Waals surface area contributed by atoms with E-state index in [1.807, 2.05) is 12.1 Å². The zero-order chi connectivity index (χ0) is 13.9. The molecule has 0 aromatic heterocycles. The number of hydrogen-bond acceptors (Lipinski definition) is 3. The van der Waals surface area contributed by atoms with Crippen LogP contribution >= 0.6 is 0 Å². The Kier molecular flexibility index (Phi) is 4.55. The molecule has 19 heavy (non-hydrogen) atoms. The average molecular weight is 266 g/mol. The highest BCUT2D eigenvalue weighted by Gasteiger charge is 2.33. The Bertz CT molecular complexity index is 399. The van der Waals surface area contributed by atoms with Gasteiger partial charge in [-0.15, -0.1) is 0 Å². The molecule has 1 aromatic carbocycles. The summed E-state index contributed by atoms with van der Waals surface area (Å²) in [4.78, 5) is 2.38. The van der Waals surface area contributed by atoms with Crippen LogP contribution < -0.4 is 5.73 Å². The first-order valence-electron chi connectivity index (χ1n) is 6.83. The van der Waals surface area contributed by atoms with Gasteiger partial charge in [0.15, 0.2) is 0 Å². The van der Waals surface area contributed by atoms with E-state index >= 15 is 0 Å². The minimum Gasteiger partial charge on any atom is -0.379 e. The number of rotatable bonds is 4. The molecule has 1 saturated heterocycles. The van der Waals surface area contributed by atoms with Crippen molar-refractivity contribution in [1.29, 1.82) is 0 Å². The van der Waals surface area contributed by atoms with Crippen molar-refractivity contribution in [2.45, 2.75) is 31.8 Å². The lowest BCUT2D eigenvalue weighted by Gasteiger charge is -2.44. The summed E-state index contributed by atoms with van der Waals surface area (Å²) < 4.78 is 18.3. The van der Waals surface area contributed by atoms with E-state index < -0.39 is 0 Å². The van der Waals surface area contributed by atoms with Crippen LogP contribution in [-0.4, -0.2) is 42.8 Å². The maximum absolute atomic E-state index is 12.9. The summed E-state index contributed by atoms with van der Waals surface area (Å²) in [7, 11) is 0. The van der Waals surface area contributed by atoms with Crippen molar-refractivity contribution >= 4 is 0 Å². The van der Waals surface area contributed by atoms with Crippen molar-refractivity contribution in [3.63, 3.8) is 0 Å². The molecule has 2 N–H and O–H groups in total. The fraction of sp³-hybridized carbons (Fsp3) is 0.600. The molecule has 0 radical (unpaired) electrons. The molecule has 0 bridgehead atoms. The molecule has 0 spiro atoms. The Morgan fingerprint density at radius 1 is 1.26 bits per heavy atom. The van der Waals surface area contributed by atoms with Crippen LogP contribution in [0, 0.1) is 5.82 Å². The van der Waals surface area contributed by atoms with Crippen molar-refractivity contribution in [3.8, 4) is 0 Å². The topological polar surface area (TPSA) is 38.5 Å². The molecule has 1 aliphatic heterocycles. The summed E-state index contributed by atoms with van der Waals surface area (Å²) >= 11 is 0. The van der Waals surface area contributed by atoms with Crippen LogP contribution in [0.1, 0.15) is 19.4 Å². The third-order valence-electron chi connectivity index (χ3n) is 4.10. The summed E-state index contributed by atoms with van der Waals surface area (Å²) in [6, 6.07) is 6.61. The maximum atomic E-state index is 12.9. The number of nitrogens with zero attached hydrogens (tertiary/aromatic N) is 1. The van der Waals surface area contributed by atoms with Crippen molar-refractivity contribution in [3.05, 3.63) is 35.6 Å². The number of morpholine rings is 1. The Morgan fingerprint density at radius 3 is 2.42 bits per heavy atom. The fourth-order valence-corrected chi connectivity index (χ4v) is 2.50. The lowest BCUT2D eigenvalue weighted by molar-refractivity contribution is -0.0186. The molecule has 1 unspecified atom stereocenters. The van der Waals surface area contributed by atoms with E-state index in [1.54, 1.807) is 0 Å². The van der Waals surface area contributed by atoms with E-state index in [2.05, 4.69) is 18.7 Å². The molecule has 1 aliphatic rings. The second-order valence-electron chi connectivity index (χ2n) is 5.69. The highest BCUT2D eigenvalue weighted by atomic mass is 19.1. The van der Waals surface area contributed by atoms with Gasteiger partial charge in [-0.3, -0.25) is 4.90 Å². The van der Waals surface area contributed by atoms with Gasteiger partial charge in [0.1, 0.15) is 5.82 Å². The first-order valence-corrected chi connectivity index (χ1v) is 6.83. The molecule has 1 fully saturated rings. The van der Waals surface area contributed by atoms with E-state index in [0.717, 1.165) is 38.3 Å². The molecular formula is C15H23FN2O. The van der Waals surface area contributed by atoms with Crippen molar-refractivity contribution in [2.24, 2.45) is 5.73 Å². The summed E-state index contributed by atoms with van der Waals surface area (Å²) in [6.07, 6.45) is 0.755. The van der Waals surface area contributed by atoms with Crippen LogP contribution in [-0.2, 0) is 11.2 Å². The minimum atomic E-state index is -0.204. The first kappa shape index (κ1) is 14.4. The zero-order valence-electron chi connectivity index (χ0n) is 11.7. The smallest absolute Gasteiger partial charge is 0.123 e. The lowest BCUT2D eigenvalue weighted by Crippen LogP contribution is -2.59. The van der Waals surface area contributed by atoms with Gasteiger partial charge in [-0.1, -0.05) is 12.1 Å². The first-order chi connectivity index (χ1) is 9.00. The van der Waals surface area contributed by atoms with Crippen molar-refractivity contribution in [2.75, 3.05) is 26.3 Å². The van der Waals surface area contributed by atoms with Crippen molar-refractivity contribution in [1.82, 2.24) is 4.90 Å². The SMILES string of the molecule is CC(C)(C(N)Cc1ccc(F)cc1)N1CCOCC1. The average Bonchev–Trinajstić information content (AvgIpc) is 2.42. The molecule has 0 amide bonds. The van der Waals surface area contributed by atoms with Gasteiger partial charge in [0.25, 0.3) is 0 Å². The summed E-state index contributed by atoms with van der Waals surface area (Å²) in [6.45, 7) is 7.73. The number of halogens is 1. The van der Waals surface area contributed by atoms with E-state index in [-0.39, 0.29) is 17.4 Å². The normalized spacial score (nSPS) is 19.4. The van der Waals surface area contributed by atoms with Crippen LogP contribution in [0.2, 0.25) is 0 Å². The summed E-state index contributed by atoms with van der Waals surface area (Å²) in [5, 5.41) is 0. The highest BCUT2D eigenvalue weighted by Crippen LogP contribution is 2.22. The molecule has 106 valence electrons. The highest BCUT2D eigenvalue weighted by molar-refractivity contribution is 5.18. The van der Waals surface area contributed by atoms with Crippen LogP contribution in [0.5, 0.6) is 0 Å². The van der Waals surface area contributed by atoms with Gasteiger partial charge in [-0.2, -0.15) is 0 Å². The van der Waals surface area contributed by atoms with Crippen molar-refractivity contribution < 1.29 is 9.13 Å². The summed E-state index contributed by atoms with van der Waals surface area (Å²) in [5.41, 5.74) is 7.37. The minimum absolute atomic E-state index is 0.0102. The second-order valence-corrected chi connectivity index (χ2v) is 5.69. The number of ether oxygens (including phenoxy) is 1. The van der Waals surface area contributed by atoms with Gasteiger partial charge in [0.2, 0.25) is 0 Å². The van der Waals surface area contributed by atoms with Gasteiger partial charge in [0, 0.05) is 24.7 Å². The van der Waals surface area contributed by atoms with Gasteiger partial charge in [-0.25, -0.2) is 4.39 Å². The largest absolute Gasteiger partial charge is 0.379 e. The van der Waals surface area contributed by atoms with Gasteiger partial charge in [0.05, 0.1) is 13.2 Å². The maximum Gasteiger partial charge on any atom is 0.123 e. The molecule has 1 aromatic rings. The number of benzene rings is 1. The molecule has 1 atom stereocenters. The number of nitrogens with two attached hydrogens (primary N) is 1. The van der Waals surface area contributed by atoms with Crippen LogP contribution in [0.15, 0.2) is 24.3 Å². The van der Waals surface area contributed by atoms with Gasteiger partial charge in [-0.05, 0) is 38.0 Å². The fourth-order valence-electron chi connectivity index (χ4n) is 2.50. The van der Waals surface area contributed by atoms with Gasteiger partial charge >= 0.3 is 0 Å². The van der Waals surface area contributed by atoms with Crippen LogP contribution in [0.25, 0.3) is 0 Å². The molecule has 3 nitrogen and oxygen atoms in total. The lowest BCUT2D eigenvalue weighted by atomic mass is 9.88. The molecule has 0 saturated carbocycles. The predicted octanol–water partition coefficient (Wildman–Crippen LogP) is 1.81. The van der Waals surface area contributed by atoms with E-state index in [1.165, 1.54) is 12.1 Å². The third-order valence-corrected chi connectivity index (χ3v) is 4.10. The zero-order valence-corrected chi connectivity index (χ0v) is 11.7. The predicted molar refractivity (Wildman–Crippen MR) is 74.6 cm³/mol.